The molecule has 0 saturated carbocycles. The van der Waals surface area contributed by atoms with Gasteiger partial charge in [-0.1, -0.05) is 53.2 Å². The van der Waals surface area contributed by atoms with E-state index in [9.17, 15) is 4.79 Å². The molecule has 4 rings (SSSR count). The number of aromatic nitrogens is 2. The highest BCUT2D eigenvalue weighted by Gasteiger charge is 2.21. The van der Waals surface area contributed by atoms with E-state index in [0.717, 1.165) is 10.9 Å². The number of nitrogens with zero attached hydrogens (tertiary/aromatic N) is 2. The van der Waals surface area contributed by atoms with Gasteiger partial charge in [0.1, 0.15) is 5.58 Å². The summed E-state index contributed by atoms with van der Waals surface area (Å²) in [6.45, 7) is 0. The highest BCUT2D eigenvalue weighted by molar-refractivity contribution is 7.98. The molecule has 0 aliphatic heterocycles. The SMILES string of the molecule is O=C(Nc1ccc(Cl)c(Cl)c1)c1oc2ccccc2c1CSc1ncccn1. The van der Waals surface area contributed by atoms with E-state index >= 15 is 0 Å². The molecule has 0 unspecified atom stereocenters. The summed E-state index contributed by atoms with van der Waals surface area (Å²) in [6, 6.07) is 14.2. The van der Waals surface area contributed by atoms with Crippen molar-refractivity contribution in [3.05, 3.63) is 82.3 Å². The Balaban J connectivity index is 1.65. The number of carbonyl (C=O) groups excluding carboxylic acids is 1. The largest absolute Gasteiger partial charge is 0.451 e. The first-order chi connectivity index (χ1) is 13.6. The molecule has 8 heteroatoms. The highest BCUT2D eigenvalue weighted by atomic mass is 35.5. The van der Waals surface area contributed by atoms with Crippen LogP contribution < -0.4 is 5.32 Å². The number of anilines is 1. The number of rotatable bonds is 5. The van der Waals surface area contributed by atoms with E-state index in [0.29, 0.717) is 32.2 Å². The Hall–Kier alpha value is -2.54. The maximum Gasteiger partial charge on any atom is 0.291 e. The van der Waals surface area contributed by atoms with Gasteiger partial charge in [0.2, 0.25) is 0 Å². The standard InChI is InChI=1S/C20H13Cl2N3O2S/c21-15-7-6-12(10-16(15)22)25-19(26)18-14(11-28-20-23-8-3-9-24-20)13-4-1-2-5-17(13)27-18/h1-10H,11H2,(H,25,26). The molecule has 0 aliphatic rings. The van der Waals surface area contributed by atoms with Crippen molar-refractivity contribution < 1.29 is 9.21 Å². The second kappa shape index (κ2) is 8.22. The minimum atomic E-state index is -0.362. The highest BCUT2D eigenvalue weighted by Crippen LogP contribution is 2.32. The maximum absolute atomic E-state index is 12.9. The van der Waals surface area contributed by atoms with E-state index in [1.165, 1.54) is 11.8 Å². The third kappa shape index (κ3) is 3.99. The van der Waals surface area contributed by atoms with Crippen LogP contribution in [0.3, 0.4) is 0 Å². The smallest absolute Gasteiger partial charge is 0.291 e. The van der Waals surface area contributed by atoms with Crippen LogP contribution >= 0.6 is 35.0 Å². The number of carbonyl (C=O) groups is 1. The summed E-state index contributed by atoms with van der Waals surface area (Å²) >= 11 is 13.4. The minimum absolute atomic E-state index is 0.246. The van der Waals surface area contributed by atoms with Gasteiger partial charge in [0.15, 0.2) is 10.9 Å². The summed E-state index contributed by atoms with van der Waals surface area (Å²) in [5.41, 5.74) is 1.96. The molecule has 1 N–H and O–H groups in total. The van der Waals surface area contributed by atoms with Crippen molar-refractivity contribution in [1.82, 2.24) is 9.97 Å². The van der Waals surface area contributed by atoms with E-state index < -0.39 is 0 Å². The van der Waals surface area contributed by atoms with Gasteiger partial charge in [-0.05, 0) is 30.3 Å². The van der Waals surface area contributed by atoms with Crippen molar-refractivity contribution in [2.45, 2.75) is 10.9 Å². The number of hydrogen-bond acceptors (Lipinski definition) is 5. The lowest BCUT2D eigenvalue weighted by molar-refractivity contribution is 0.0998. The Morgan fingerprint density at radius 3 is 2.61 bits per heavy atom. The van der Waals surface area contributed by atoms with Crippen LogP contribution in [0.1, 0.15) is 16.1 Å². The number of furan rings is 1. The molecular formula is C20H13Cl2N3O2S. The number of benzene rings is 2. The zero-order valence-corrected chi connectivity index (χ0v) is 16.7. The van der Waals surface area contributed by atoms with Crippen molar-refractivity contribution in [3.8, 4) is 0 Å². The average molecular weight is 430 g/mol. The van der Waals surface area contributed by atoms with E-state index in [4.69, 9.17) is 27.6 Å². The molecule has 0 bridgehead atoms. The second-order valence-corrected chi connectivity index (χ2v) is 7.57. The van der Waals surface area contributed by atoms with Gasteiger partial charge in [0.05, 0.1) is 10.0 Å². The first kappa shape index (κ1) is 18.8. The number of nitrogens with one attached hydrogen (secondary N) is 1. The molecule has 0 atom stereocenters. The summed E-state index contributed by atoms with van der Waals surface area (Å²) in [5.74, 6) is 0.375. The van der Waals surface area contributed by atoms with Crippen molar-refractivity contribution in [1.29, 1.82) is 0 Å². The zero-order valence-electron chi connectivity index (χ0n) is 14.4. The monoisotopic (exact) mass is 429 g/mol. The van der Waals surface area contributed by atoms with Crippen molar-refractivity contribution >= 4 is 57.5 Å². The van der Waals surface area contributed by atoms with Gasteiger partial charge in [-0.25, -0.2) is 9.97 Å². The number of hydrogen-bond donors (Lipinski definition) is 1. The number of fused-ring (bicyclic) bond motifs is 1. The fourth-order valence-corrected chi connectivity index (χ4v) is 3.81. The van der Waals surface area contributed by atoms with Gasteiger partial charge in [0, 0.05) is 34.8 Å². The average Bonchev–Trinajstić information content (AvgIpc) is 3.09. The third-order valence-electron chi connectivity index (χ3n) is 3.97. The molecule has 2 heterocycles. The van der Waals surface area contributed by atoms with E-state index in [1.54, 1.807) is 36.7 Å². The van der Waals surface area contributed by atoms with Gasteiger partial charge in [0.25, 0.3) is 5.91 Å². The Labute approximate surface area is 175 Å². The molecule has 2 aromatic heterocycles. The van der Waals surface area contributed by atoms with Crippen LogP contribution in [0, 0.1) is 0 Å². The lowest BCUT2D eigenvalue weighted by Crippen LogP contribution is -2.12. The number of halogens is 2. The molecule has 140 valence electrons. The van der Waals surface area contributed by atoms with Crippen molar-refractivity contribution in [2.24, 2.45) is 0 Å². The number of para-hydroxylation sites is 1. The van der Waals surface area contributed by atoms with Crippen molar-refractivity contribution in [2.75, 3.05) is 5.32 Å². The molecule has 5 nitrogen and oxygen atoms in total. The molecule has 0 spiro atoms. The van der Waals surface area contributed by atoms with Crippen LogP contribution in [0.25, 0.3) is 11.0 Å². The van der Waals surface area contributed by atoms with Crippen LogP contribution in [-0.2, 0) is 5.75 Å². The summed E-state index contributed by atoms with van der Waals surface area (Å²) in [5, 5.41) is 5.10. The Morgan fingerprint density at radius 1 is 1.04 bits per heavy atom. The quantitative estimate of drug-likeness (QED) is 0.307. The van der Waals surface area contributed by atoms with E-state index in [1.807, 2.05) is 24.3 Å². The molecule has 28 heavy (non-hydrogen) atoms. The summed E-state index contributed by atoms with van der Waals surface area (Å²) in [6.07, 6.45) is 3.36. The van der Waals surface area contributed by atoms with Crippen LogP contribution in [0.4, 0.5) is 5.69 Å². The van der Waals surface area contributed by atoms with E-state index in [2.05, 4.69) is 15.3 Å². The topological polar surface area (TPSA) is 68.0 Å². The van der Waals surface area contributed by atoms with Crippen LogP contribution in [0.2, 0.25) is 10.0 Å². The van der Waals surface area contributed by atoms with Crippen LogP contribution in [-0.4, -0.2) is 15.9 Å². The minimum Gasteiger partial charge on any atom is -0.451 e. The molecular weight excluding hydrogens is 417 g/mol. The predicted octanol–water partition coefficient (Wildman–Crippen LogP) is 6.07. The predicted molar refractivity (Wildman–Crippen MR) is 112 cm³/mol. The molecule has 4 aromatic rings. The first-order valence-corrected chi connectivity index (χ1v) is 10.0. The first-order valence-electron chi connectivity index (χ1n) is 8.28. The number of amides is 1. The van der Waals surface area contributed by atoms with Gasteiger partial charge in [-0.2, -0.15) is 0 Å². The van der Waals surface area contributed by atoms with Gasteiger partial charge < -0.3 is 9.73 Å². The zero-order chi connectivity index (χ0) is 19.5. The fraction of sp³-hybridized carbons (Fsp3) is 0.0500. The molecule has 0 radical (unpaired) electrons. The second-order valence-electron chi connectivity index (χ2n) is 5.81. The summed E-state index contributed by atoms with van der Waals surface area (Å²) in [4.78, 5) is 21.3. The Morgan fingerprint density at radius 2 is 1.82 bits per heavy atom. The van der Waals surface area contributed by atoms with Gasteiger partial charge >= 0.3 is 0 Å². The molecule has 2 aromatic carbocycles. The Bertz CT molecular complexity index is 1150. The lowest BCUT2D eigenvalue weighted by Gasteiger charge is -2.06. The lowest BCUT2D eigenvalue weighted by atomic mass is 10.1. The Kier molecular flexibility index (Phi) is 5.52. The molecule has 0 saturated heterocycles. The van der Waals surface area contributed by atoms with Crippen LogP contribution in [0.5, 0.6) is 0 Å². The van der Waals surface area contributed by atoms with E-state index in [-0.39, 0.29) is 11.7 Å². The molecule has 1 amide bonds. The number of thioether (sulfide) groups is 1. The summed E-state index contributed by atoms with van der Waals surface area (Å²) in [7, 11) is 0. The normalized spacial score (nSPS) is 10.9. The van der Waals surface area contributed by atoms with Gasteiger partial charge in [-0.3, -0.25) is 4.79 Å². The molecule has 0 fully saturated rings. The van der Waals surface area contributed by atoms with Crippen molar-refractivity contribution in [3.63, 3.8) is 0 Å². The third-order valence-corrected chi connectivity index (χ3v) is 5.61. The van der Waals surface area contributed by atoms with Crippen LogP contribution in [0.15, 0.2) is 70.5 Å². The fourth-order valence-electron chi connectivity index (χ4n) is 2.68. The summed E-state index contributed by atoms with van der Waals surface area (Å²) < 4.78 is 5.85. The van der Waals surface area contributed by atoms with Gasteiger partial charge in [-0.15, -0.1) is 0 Å². The maximum atomic E-state index is 12.9. The molecule has 0 aliphatic carbocycles.